The van der Waals surface area contributed by atoms with Crippen LogP contribution in [0.3, 0.4) is 0 Å². The second kappa shape index (κ2) is 7.25. The Morgan fingerprint density at radius 1 is 1.25 bits per heavy atom. The van der Waals surface area contributed by atoms with Crippen LogP contribution in [-0.2, 0) is 4.79 Å². The molecule has 0 radical (unpaired) electrons. The fourth-order valence-corrected chi connectivity index (χ4v) is 2.88. The number of amides is 2. The van der Waals surface area contributed by atoms with Crippen molar-refractivity contribution in [2.45, 2.75) is 25.8 Å². The van der Waals surface area contributed by atoms with E-state index in [0.717, 1.165) is 24.2 Å². The molecule has 1 aromatic carbocycles. The van der Waals surface area contributed by atoms with E-state index in [1.807, 2.05) is 48.2 Å². The summed E-state index contributed by atoms with van der Waals surface area (Å²) in [5, 5.41) is 3.04. The van der Waals surface area contributed by atoms with Gasteiger partial charge in [-0.1, -0.05) is 30.3 Å². The monoisotopic (exact) mass is 323 g/mol. The molecule has 0 spiro atoms. The molecule has 5 nitrogen and oxygen atoms in total. The number of hydrogen-bond donors (Lipinski definition) is 1. The highest BCUT2D eigenvalue weighted by molar-refractivity contribution is 5.94. The van der Waals surface area contributed by atoms with E-state index in [1.165, 1.54) is 0 Å². The number of carbonyl (C=O) groups excluding carboxylic acids is 2. The van der Waals surface area contributed by atoms with Gasteiger partial charge in [0.15, 0.2) is 0 Å². The predicted octanol–water partition coefficient (Wildman–Crippen LogP) is 2.48. The van der Waals surface area contributed by atoms with E-state index in [1.54, 1.807) is 12.3 Å². The largest absolute Gasteiger partial charge is 0.343 e. The zero-order chi connectivity index (χ0) is 16.9. The van der Waals surface area contributed by atoms with Gasteiger partial charge in [-0.05, 0) is 31.0 Å². The summed E-state index contributed by atoms with van der Waals surface area (Å²) in [6.07, 6.45) is 3.06. The predicted molar refractivity (Wildman–Crippen MR) is 91.4 cm³/mol. The summed E-state index contributed by atoms with van der Waals surface area (Å²) in [4.78, 5) is 30.5. The van der Waals surface area contributed by atoms with Gasteiger partial charge in [0, 0.05) is 31.4 Å². The third kappa shape index (κ3) is 3.79. The topological polar surface area (TPSA) is 62.3 Å². The van der Waals surface area contributed by atoms with Gasteiger partial charge < -0.3 is 10.2 Å². The third-order valence-corrected chi connectivity index (χ3v) is 4.26. The molecule has 1 aliphatic heterocycles. The lowest BCUT2D eigenvalue weighted by Gasteiger charge is -2.25. The average Bonchev–Trinajstić information content (AvgIpc) is 3.00. The van der Waals surface area contributed by atoms with Gasteiger partial charge in [-0.2, -0.15) is 0 Å². The van der Waals surface area contributed by atoms with Gasteiger partial charge in [-0.25, -0.2) is 0 Å². The van der Waals surface area contributed by atoms with Crippen molar-refractivity contribution in [2.24, 2.45) is 0 Å². The molecule has 1 fully saturated rings. The molecular weight excluding hydrogens is 302 g/mol. The smallest absolute Gasteiger partial charge is 0.253 e. The number of aryl methyl sites for hydroxylation is 1. The van der Waals surface area contributed by atoms with Gasteiger partial charge in [-0.15, -0.1) is 0 Å². The van der Waals surface area contributed by atoms with Crippen molar-refractivity contribution in [3.63, 3.8) is 0 Å². The molecule has 124 valence electrons. The highest BCUT2D eigenvalue weighted by atomic mass is 16.2. The first-order chi connectivity index (χ1) is 11.6. The van der Waals surface area contributed by atoms with Crippen molar-refractivity contribution < 1.29 is 9.59 Å². The molecule has 2 amide bonds. The number of rotatable bonds is 5. The molecule has 0 saturated carbocycles. The molecule has 1 aromatic heterocycles. The van der Waals surface area contributed by atoms with Crippen LogP contribution in [0.15, 0.2) is 48.7 Å². The Bertz CT molecular complexity index is 713. The number of pyridine rings is 1. The number of likely N-dealkylation sites (tertiary alicyclic amines) is 1. The van der Waals surface area contributed by atoms with E-state index in [4.69, 9.17) is 0 Å². The second-order valence-corrected chi connectivity index (χ2v) is 6.07. The molecule has 5 heteroatoms. The molecule has 24 heavy (non-hydrogen) atoms. The fraction of sp³-hybridized carbons (Fsp3) is 0.316. The molecule has 3 rings (SSSR count). The minimum atomic E-state index is -0.234. The standard InChI is InChI=1S/C19H21N3O2/c1-14-9-10-16(12-20-14)19(24)21-17(15-6-3-2-4-7-15)13-22-11-5-8-18(22)23/h2-4,6-7,9-10,12,17H,5,8,11,13H2,1H3,(H,21,24)/t17-/m0/s1. The molecular formula is C19H21N3O2. The number of benzene rings is 1. The third-order valence-electron chi connectivity index (χ3n) is 4.26. The summed E-state index contributed by atoms with van der Waals surface area (Å²) in [5.74, 6) is -0.0230. The van der Waals surface area contributed by atoms with Crippen molar-refractivity contribution in [1.82, 2.24) is 15.2 Å². The van der Waals surface area contributed by atoms with Crippen molar-refractivity contribution in [3.8, 4) is 0 Å². The Balaban J connectivity index is 1.77. The maximum atomic E-state index is 12.5. The van der Waals surface area contributed by atoms with Crippen molar-refractivity contribution in [1.29, 1.82) is 0 Å². The first-order valence-corrected chi connectivity index (χ1v) is 8.20. The first-order valence-electron chi connectivity index (χ1n) is 8.20. The molecule has 0 aliphatic carbocycles. The highest BCUT2D eigenvalue weighted by Gasteiger charge is 2.25. The summed E-state index contributed by atoms with van der Waals surface area (Å²) in [6, 6.07) is 13.1. The zero-order valence-corrected chi connectivity index (χ0v) is 13.7. The summed E-state index contributed by atoms with van der Waals surface area (Å²) in [7, 11) is 0. The summed E-state index contributed by atoms with van der Waals surface area (Å²) >= 11 is 0. The number of hydrogen-bond acceptors (Lipinski definition) is 3. The van der Waals surface area contributed by atoms with E-state index in [0.29, 0.717) is 18.5 Å². The van der Waals surface area contributed by atoms with Crippen LogP contribution in [0.4, 0.5) is 0 Å². The van der Waals surface area contributed by atoms with Crippen molar-refractivity contribution in [2.75, 3.05) is 13.1 Å². The SMILES string of the molecule is Cc1ccc(C(=O)N[C@@H](CN2CCCC2=O)c2ccccc2)cn1. The minimum absolute atomic E-state index is 0.155. The van der Waals surface area contributed by atoms with Crippen LogP contribution >= 0.6 is 0 Å². The number of carbonyl (C=O) groups is 2. The summed E-state index contributed by atoms with van der Waals surface area (Å²) < 4.78 is 0. The lowest BCUT2D eigenvalue weighted by molar-refractivity contribution is -0.128. The van der Waals surface area contributed by atoms with Gasteiger partial charge in [0.25, 0.3) is 5.91 Å². The van der Waals surface area contributed by atoms with Gasteiger partial charge in [0.2, 0.25) is 5.91 Å². The van der Waals surface area contributed by atoms with Crippen LogP contribution in [0, 0.1) is 6.92 Å². The Morgan fingerprint density at radius 2 is 2.04 bits per heavy atom. The summed E-state index contributed by atoms with van der Waals surface area (Å²) in [5.41, 5.74) is 2.38. The van der Waals surface area contributed by atoms with Crippen molar-refractivity contribution in [3.05, 3.63) is 65.5 Å². The van der Waals surface area contributed by atoms with Crippen LogP contribution in [0.1, 0.15) is 40.5 Å². The second-order valence-electron chi connectivity index (χ2n) is 6.07. The maximum Gasteiger partial charge on any atom is 0.253 e. The number of aromatic nitrogens is 1. The summed E-state index contributed by atoms with van der Waals surface area (Å²) in [6.45, 7) is 3.13. The Kier molecular flexibility index (Phi) is 4.89. The molecule has 1 aliphatic rings. The first kappa shape index (κ1) is 16.2. The molecule has 0 unspecified atom stereocenters. The average molecular weight is 323 g/mol. The lowest BCUT2D eigenvalue weighted by Crippen LogP contribution is -2.38. The molecule has 1 saturated heterocycles. The number of nitrogens with one attached hydrogen (secondary N) is 1. The molecule has 1 atom stereocenters. The van der Waals surface area contributed by atoms with Gasteiger partial charge >= 0.3 is 0 Å². The molecule has 2 aromatic rings. The van der Waals surface area contributed by atoms with E-state index >= 15 is 0 Å². The minimum Gasteiger partial charge on any atom is -0.343 e. The van der Waals surface area contributed by atoms with E-state index < -0.39 is 0 Å². The maximum absolute atomic E-state index is 12.5. The van der Waals surface area contributed by atoms with Crippen LogP contribution in [0.5, 0.6) is 0 Å². The van der Waals surface area contributed by atoms with Gasteiger partial charge in [0.05, 0.1) is 11.6 Å². The number of nitrogens with zero attached hydrogens (tertiary/aromatic N) is 2. The lowest BCUT2D eigenvalue weighted by atomic mass is 10.1. The van der Waals surface area contributed by atoms with Crippen molar-refractivity contribution >= 4 is 11.8 Å². The molecule has 0 bridgehead atoms. The zero-order valence-electron chi connectivity index (χ0n) is 13.7. The Labute approximate surface area is 141 Å². The van der Waals surface area contributed by atoms with Crippen LogP contribution < -0.4 is 5.32 Å². The van der Waals surface area contributed by atoms with Crippen LogP contribution in [-0.4, -0.2) is 34.8 Å². The van der Waals surface area contributed by atoms with E-state index in [-0.39, 0.29) is 17.9 Å². The van der Waals surface area contributed by atoms with E-state index in [2.05, 4.69) is 10.3 Å². The van der Waals surface area contributed by atoms with Crippen LogP contribution in [0.25, 0.3) is 0 Å². The quantitative estimate of drug-likeness (QED) is 0.919. The molecule has 2 heterocycles. The highest BCUT2D eigenvalue weighted by Crippen LogP contribution is 2.19. The fourth-order valence-electron chi connectivity index (χ4n) is 2.88. The van der Waals surface area contributed by atoms with Gasteiger partial charge in [0.1, 0.15) is 0 Å². The Morgan fingerprint density at radius 3 is 2.67 bits per heavy atom. The molecule has 1 N–H and O–H groups in total. The van der Waals surface area contributed by atoms with E-state index in [9.17, 15) is 9.59 Å². The van der Waals surface area contributed by atoms with Crippen LogP contribution in [0.2, 0.25) is 0 Å². The van der Waals surface area contributed by atoms with Gasteiger partial charge in [-0.3, -0.25) is 14.6 Å². The normalized spacial score (nSPS) is 15.4. The Hall–Kier alpha value is -2.69.